The summed E-state index contributed by atoms with van der Waals surface area (Å²) in [6, 6.07) is 13.5. The summed E-state index contributed by atoms with van der Waals surface area (Å²) in [4.78, 5) is 26.9. The molecule has 1 aromatic heterocycles. The Labute approximate surface area is 149 Å². The number of rotatable bonds is 5. The molecular weight excluding hydrogens is 336 g/mol. The van der Waals surface area contributed by atoms with Crippen molar-refractivity contribution >= 4 is 11.7 Å². The number of aryl methyl sites for hydroxylation is 2. The number of nitro groups is 1. The van der Waals surface area contributed by atoms with E-state index in [4.69, 9.17) is 9.15 Å². The number of nitro benzene ring substituents is 1. The molecule has 0 atom stereocenters. The van der Waals surface area contributed by atoms with Crippen molar-refractivity contribution in [3.05, 3.63) is 81.2 Å². The monoisotopic (exact) mass is 352 g/mol. The van der Waals surface area contributed by atoms with E-state index in [1.807, 2.05) is 30.3 Å². The van der Waals surface area contributed by atoms with Crippen molar-refractivity contribution < 1.29 is 18.9 Å². The molecule has 7 nitrogen and oxygen atoms in total. The standard InChI is InChI=1S/C19H16N2O5/c1-12-10-15(8-9-17(12)21(23)24)19(22)25-11-16-13(2)26-18(20-16)14-6-4-3-5-7-14/h3-10H,11H2,1-2H3. The van der Waals surface area contributed by atoms with Crippen LogP contribution in [0, 0.1) is 24.0 Å². The highest BCUT2D eigenvalue weighted by atomic mass is 16.6. The number of carbonyl (C=O) groups is 1. The molecule has 0 aliphatic carbocycles. The van der Waals surface area contributed by atoms with E-state index in [1.165, 1.54) is 18.2 Å². The van der Waals surface area contributed by atoms with Crippen molar-refractivity contribution in [1.29, 1.82) is 0 Å². The third-order valence-electron chi connectivity index (χ3n) is 3.88. The van der Waals surface area contributed by atoms with Gasteiger partial charge >= 0.3 is 5.97 Å². The van der Waals surface area contributed by atoms with E-state index in [2.05, 4.69) is 4.98 Å². The SMILES string of the molecule is Cc1cc(C(=O)OCc2nc(-c3ccccc3)oc2C)ccc1[N+](=O)[O-]. The van der Waals surface area contributed by atoms with Gasteiger partial charge in [0.2, 0.25) is 5.89 Å². The highest BCUT2D eigenvalue weighted by Crippen LogP contribution is 2.23. The zero-order valence-corrected chi connectivity index (χ0v) is 14.3. The minimum atomic E-state index is -0.577. The van der Waals surface area contributed by atoms with Gasteiger partial charge in [-0.25, -0.2) is 9.78 Å². The van der Waals surface area contributed by atoms with E-state index in [9.17, 15) is 14.9 Å². The van der Waals surface area contributed by atoms with Crippen LogP contribution in [0.3, 0.4) is 0 Å². The summed E-state index contributed by atoms with van der Waals surface area (Å²) in [5, 5.41) is 10.8. The zero-order chi connectivity index (χ0) is 18.7. The Bertz CT molecular complexity index is 963. The molecule has 7 heteroatoms. The molecule has 0 amide bonds. The molecule has 0 fully saturated rings. The summed E-state index contributed by atoms with van der Waals surface area (Å²) in [7, 11) is 0. The maximum absolute atomic E-state index is 12.2. The Morgan fingerprint density at radius 3 is 2.58 bits per heavy atom. The summed E-state index contributed by atoms with van der Waals surface area (Å²) in [5.41, 5.74) is 1.96. The fraction of sp³-hybridized carbons (Fsp3) is 0.158. The first-order valence-electron chi connectivity index (χ1n) is 7.89. The third-order valence-corrected chi connectivity index (χ3v) is 3.88. The normalized spacial score (nSPS) is 10.5. The number of hydrogen-bond acceptors (Lipinski definition) is 6. The van der Waals surface area contributed by atoms with Crippen LogP contribution < -0.4 is 0 Å². The summed E-state index contributed by atoms with van der Waals surface area (Å²) in [6.07, 6.45) is 0. The van der Waals surface area contributed by atoms with Crippen LogP contribution in [-0.2, 0) is 11.3 Å². The third kappa shape index (κ3) is 3.61. The highest BCUT2D eigenvalue weighted by molar-refractivity contribution is 5.90. The van der Waals surface area contributed by atoms with E-state index in [0.29, 0.717) is 22.9 Å². The van der Waals surface area contributed by atoms with Gasteiger partial charge in [0.25, 0.3) is 5.69 Å². The summed E-state index contributed by atoms with van der Waals surface area (Å²) >= 11 is 0. The molecule has 0 spiro atoms. The number of nitrogens with zero attached hydrogens (tertiary/aromatic N) is 2. The van der Waals surface area contributed by atoms with Crippen LogP contribution >= 0.6 is 0 Å². The molecule has 0 bridgehead atoms. The molecule has 1 heterocycles. The van der Waals surface area contributed by atoms with E-state index in [0.717, 1.165) is 5.56 Å². The number of hydrogen-bond donors (Lipinski definition) is 0. The van der Waals surface area contributed by atoms with Crippen LogP contribution in [0.2, 0.25) is 0 Å². The molecule has 0 N–H and O–H groups in total. The van der Waals surface area contributed by atoms with Gasteiger partial charge in [-0.2, -0.15) is 0 Å². The number of aromatic nitrogens is 1. The first-order valence-corrected chi connectivity index (χ1v) is 7.89. The fourth-order valence-electron chi connectivity index (χ4n) is 2.47. The second kappa shape index (κ2) is 7.18. The predicted octanol–water partition coefficient (Wildman–Crippen LogP) is 4.22. The average Bonchev–Trinajstić information content (AvgIpc) is 3.01. The average molecular weight is 352 g/mol. The number of carbonyl (C=O) groups excluding carboxylic acids is 1. The van der Waals surface area contributed by atoms with Gasteiger partial charge < -0.3 is 9.15 Å². The summed E-state index contributed by atoms with van der Waals surface area (Å²) < 4.78 is 10.9. The van der Waals surface area contributed by atoms with Crippen molar-refractivity contribution in [3.63, 3.8) is 0 Å². The van der Waals surface area contributed by atoms with Gasteiger partial charge in [-0.05, 0) is 38.1 Å². The topological polar surface area (TPSA) is 95.5 Å². The first-order chi connectivity index (χ1) is 12.5. The summed E-state index contributed by atoms with van der Waals surface area (Å²) in [5.74, 6) is 0.448. The Morgan fingerprint density at radius 1 is 1.19 bits per heavy atom. The molecule has 0 saturated carbocycles. The lowest BCUT2D eigenvalue weighted by Crippen LogP contribution is -2.07. The van der Waals surface area contributed by atoms with Crippen molar-refractivity contribution in [1.82, 2.24) is 4.98 Å². The van der Waals surface area contributed by atoms with Gasteiger partial charge in [0.15, 0.2) is 0 Å². The van der Waals surface area contributed by atoms with Crippen molar-refractivity contribution in [2.45, 2.75) is 20.5 Å². The number of ether oxygens (including phenoxy) is 1. The van der Waals surface area contributed by atoms with Crippen LogP contribution in [0.4, 0.5) is 5.69 Å². The lowest BCUT2D eigenvalue weighted by atomic mass is 10.1. The van der Waals surface area contributed by atoms with E-state index >= 15 is 0 Å². The number of esters is 1. The van der Waals surface area contributed by atoms with E-state index < -0.39 is 10.9 Å². The van der Waals surface area contributed by atoms with Gasteiger partial charge in [0.05, 0.1) is 10.5 Å². The van der Waals surface area contributed by atoms with Crippen LogP contribution in [0.5, 0.6) is 0 Å². The minimum Gasteiger partial charge on any atom is -0.455 e. The smallest absolute Gasteiger partial charge is 0.338 e. The Kier molecular flexibility index (Phi) is 4.79. The Balaban J connectivity index is 1.71. The van der Waals surface area contributed by atoms with Crippen molar-refractivity contribution in [2.24, 2.45) is 0 Å². The predicted molar refractivity (Wildman–Crippen MR) is 93.6 cm³/mol. The highest BCUT2D eigenvalue weighted by Gasteiger charge is 2.17. The Morgan fingerprint density at radius 2 is 1.92 bits per heavy atom. The quantitative estimate of drug-likeness (QED) is 0.387. The van der Waals surface area contributed by atoms with Gasteiger partial charge in [-0.15, -0.1) is 0 Å². The number of oxazole rings is 1. The van der Waals surface area contributed by atoms with Gasteiger partial charge in [0.1, 0.15) is 18.1 Å². The number of benzene rings is 2. The largest absolute Gasteiger partial charge is 0.455 e. The van der Waals surface area contributed by atoms with Gasteiger partial charge in [-0.3, -0.25) is 10.1 Å². The van der Waals surface area contributed by atoms with Crippen LogP contribution in [0.15, 0.2) is 52.9 Å². The molecule has 0 aliphatic heterocycles. The first kappa shape index (κ1) is 17.3. The summed E-state index contributed by atoms with van der Waals surface area (Å²) in [6.45, 7) is 3.28. The van der Waals surface area contributed by atoms with Crippen molar-refractivity contribution in [3.8, 4) is 11.5 Å². The molecule has 26 heavy (non-hydrogen) atoms. The lowest BCUT2D eigenvalue weighted by Gasteiger charge is -2.04. The van der Waals surface area contributed by atoms with Crippen molar-refractivity contribution in [2.75, 3.05) is 0 Å². The minimum absolute atomic E-state index is 0.0404. The maximum atomic E-state index is 12.2. The van der Waals surface area contributed by atoms with E-state index in [1.54, 1.807) is 13.8 Å². The Hall–Kier alpha value is -3.48. The second-order valence-corrected chi connectivity index (χ2v) is 5.72. The lowest BCUT2D eigenvalue weighted by molar-refractivity contribution is -0.385. The van der Waals surface area contributed by atoms with Crippen LogP contribution in [-0.4, -0.2) is 15.9 Å². The zero-order valence-electron chi connectivity index (χ0n) is 14.3. The van der Waals surface area contributed by atoms with Gasteiger partial charge in [-0.1, -0.05) is 18.2 Å². The second-order valence-electron chi connectivity index (χ2n) is 5.72. The molecule has 132 valence electrons. The maximum Gasteiger partial charge on any atom is 0.338 e. The van der Waals surface area contributed by atoms with Crippen LogP contribution in [0.1, 0.15) is 27.4 Å². The molecular formula is C19H16N2O5. The molecule has 2 aromatic carbocycles. The molecule has 0 aliphatic rings. The van der Waals surface area contributed by atoms with Gasteiger partial charge in [0, 0.05) is 17.2 Å². The van der Waals surface area contributed by atoms with Crippen LogP contribution in [0.25, 0.3) is 11.5 Å². The molecule has 3 aromatic rings. The fourth-order valence-corrected chi connectivity index (χ4v) is 2.47. The molecule has 0 unspecified atom stereocenters. The molecule has 3 rings (SSSR count). The molecule has 0 saturated heterocycles. The van der Waals surface area contributed by atoms with E-state index in [-0.39, 0.29) is 17.9 Å². The molecule has 0 radical (unpaired) electrons.